The van der Waals surface area contributed by atoms with Crippen LogP contribution in [-0.4, -0.2) is 18.1 Å². The van der Waals surface area contributed by atoms with Crippen LogP contribution in [0.4, 0.5) is 5.69 Å². The molecule has 0 saturated heterocycles. The zero-order valence-electron chi connectivity index (χ0n) is 8.40. The first-order valence-corrected chi connectivity index (χ1v) is 4.37. The minimum absolute atomic E-state index is 0.371. The van der Waals surface area contributed by atoms with Crippen molar-refractivity contribution in [2.24, 2.45) is 0 Å². The quantitative estimate of drug-likeness (QED) is 0.565. The van der Waals surface area contributed by atoms with Gasteiger partial charge in [-0.15, -0.1) is 0 Å². The molecule has 5 heteroatoms. The van der Waals surface area contributed by atoms with Gasteiger partial charge in [0.1, 0.15) is 5.52 Å². The highest BCUT2D eigenvalue weighted by atomic mass is 16.5. The number of benzene rings is 1. The zero-order chi connectivity index (χ0) is 11.0. The summed E-state index contributed by atoms with van der Waals surface area (Å²) in [6, 6.07) is 3.10. The van der Waals surface area contributed by atoms with Crippen LogP contribution in [0.1, 0.15) is 16.2 Å². The fourth-order valence-electron chi connectivity index (χ4n) is 1.41. The second-order valence-electron chi connectivity index (χ2n) is 3.14. The molecule has 2 rings (SSSR count). The van der Waals surface area contributed by atoms with Gasteiger partial charge in [0.05, 0.1) is 18.4 Å². The third-order valence-corrected chi connectivity index (χ3v) is 2.05. The number of aryl methyl sites for hydroxylation is 1. The molecule has 0 bridgehead atoms. The molecule has 1 aromatic heterocycles. The predicted octanol–water partition coefficient (Wildman–Crippen LogP) is 1.51. The second-order valence-corrected chi connectivity index (χ2v) is 3.14. The van der Waals surface area contributed by atoms with Crippen molar-refractivity contribution in [3.63, 3.8) is 0 Å². The monoisotopic (exact) mass is 206 g/mol. The summed E-state index contributed by atoms with van der Waals surface area (Å²) < 4.78 is 9.87. The van der Waals surface area contributed by atoms with Crippen LogP contribution in [0.15, 0.2) is 16.5 Å². The first-order valence-electron chi connectivity index (χ1n) is 4.37. The molecule has 0 spiro atoms. The Hall–Kier alpha value is -2.04. The number of nitrogens with zero attached hydrogens (tertiary/aromatic N) is 1. The molecule has 0 aliphatic rings. The molecule has 0 radical (unpaired) electrons. The summed E-state index contributed by atoms with van der Waals surface area (Å²) >= 11 is 0. The average Bonchev–Trinajstić information content (AvgIpc) is 2.58. The number of aromatic nitrogens is 1. The van der Waals surface area contributed by atoms with Gasteiger partial charge >= 0.3 is 5.97 Å². The van der Waals surface area contributed by atoms with Crippen LogP contribution in [0.5, 0.6) is 0 Å². The Labute approximate surface area is 85.8 Å². The smallest absolute Gasteiger partial charge is 0.338 e. The van der Waals surface area contributed by atoms with Gasteiger partial charge in [0, 0.05) is 6.92 Å². The van der Waals surface area contributed by atoms with Gasteiger partial charge in [0.25, 0.3) is 0 Å². The number of esters is 1. The molecule has 78 valence electrons. The number of hydrogen-bond donors (Lipinski definition) is 1. The number of nitrogen functional groups attached to an aromatic ring is 1. The lowest BCUT2D eigenvalue weighted by atomic mass is 10.2. The normalized spacial score (nSPS) is 10.5. The van der Waals surface area contributed by atoms with Gasteiger partial charge in [0.15, 0.2) is 11.5 Å². The van der Waals surface area contributed by atoms with Crippen LogP contribution in [0, 0.1) is 6.92 Å². The molecule has 0 unspecified atom stereocenters. The molecular formula is C10H10N2O3. The third kappa shape index (κ3) is 1.52. The standard InChI is InChI=1S/C10H10N2O3/c1-5-12-8-4-6(10(13)14-2)3-7(11)9(8)15-5/h3-4H,11H2,1-2H3. The molecule has 1 aromatic carbocycles. The number of rotatable bonds is 1. The van der Waals surface area contributed by atoms with Crippen molar-refractivity contribution in [3.05, 3.63) is 23.6 Å². The largest absolute Gasteiger partial charge is 0.465 e. The highest BCUT2D eigenvalue weighted by molar-refractivity contribution is 5.97. The van der Waals surface area contributed by atoms with Gasteiger partial charge in [-0.3, -0.25) is 0 Å². The van der Waals surface area contributed by atoms with Crippen molar-refractivity contribution in [2.75, 3.05) is 12.8 Å². The highest BCUT2D eigenvalue weighted by Crippen LogP contribution is 2.24. The first-order chi connectivity index (χ1) is 7.11. The van der Waals surface area contributed by atoms with Gasteiger partial charge < -0.3 is 14.9 Å². The van der Waals surface area contributed by atoms with Crippen LogP contribution in [0.3, 0.4) is 0 Å². The fourth-order valence-corrected chi connectivity index (χ4v) is 1.41. The summed E-state index contributed by atoms with van der Waals surface area (Å²) in [6.45, 7) is 1.72. The maximum Gasteiger partial charge on any atom is 0.338 e. The molecule has 0 atom stereocenters. The molecule has 1 heterocycles. The number of nitrogens with two attached hydrogens (primary N) is 1. The molecule has 0 aliphatic carbocycles. The summed E-state index contributed by atoms with van der Waals surface area (Å²) in [4.78, 5) is 15.4. The fraction of sp³-hybridized carbons (Fsp3) is 0.200. The average molecular weight is 206 g/mol. The van der Waals surface area contributed by atoms with E-state index in [0.29, 0.717) is 28.2 Å². The number of carbonyl (C=O) groups excluding carboxylic acids is 1. The highest BCUT2D eigenvalue weighted by Gasteiger charge is 2.12. The van der Waals surface area contributed by atoms with E-state index in [9.17, 15) is 4.79 Å². The van der Waals surface area contributed by atoms with E-state index < -0.39 is 5.97 Å². The number of fused-ring (bicyclic) bond motifs is 1. The van der Waals surface area contributed by atoms with Crippen molar-refractivity contribution in [1.29, 1.82) is 0 Å². The van der Waals surface area contributed by atoms with E-state index in [4.69, 9.17) is 10.2 Å². The van der Waals surface area contributed by atoms with Gasteiger partial charge in [-0.25, -0.2) is 9.78 Å². The van der Waals surface area contributed by atoms with Crippen LogP contribution in [0.25, 0.3) is 11.1 Å². The lowest BCUT2D eigenvalue weighted by Gasteiger charge is -2.00. The maximum absolute atomic E-state index is 11.3. The molecule has 2 aromatic rings. The minimum atomic E-state index is -0.441. The van der Waals surface area contributed by atoms with E-state index in [1.54, 1.807) is 13.0 Å². The van der Waals surface area contributed by atoms with Crippen LogP contribution in [0.2, 0.25) is 0 Å². The van der Waals surface area contributed by atoms with Crippen LogP contribution < -0.4 is 5.73 Å². The van der Waals surface area contributed by atoms with E-state index >= 15 is 0 Å². The Bertz CT molecular complexity index is 531. The molecule has 0 amide bonds. The van der Waals surface area contributed by atoms with E-state index in [2.05, 4.69) is 9.72 Å². The number of hydrogen-bond acceptors (Lipinski definition) is 5. The van der Waals surface area contributed by atoms with Gasteiger partial charge in [-0.2, -0.15) is 0 Å². The first kappa shape index (κ1) is 9.51. The molecule has 0 fully saturated rings. The Kier molecular flexibility index (Phi) is 2.07. The van der Waals surface area contributed by atoms with Crippen LogP contribution >= 0.6 is 0 Å². The predicted molar refractivity (Wildman–Crippen MR) is 54.5 cm³/mol. The van der Waals surface area contributed by atoms with Gasteiger partial charge in [0.2, 0.25) is 0 Å². The summed E-state index contributed by atoms with van der Waals surface area (Å²) in [7, 11) is 1.32. The molecule has 15 heavy (non-hydrogen) atoms. The van der Waals surface area contributed by atoms with E-state index in [1.165, 1.54) is 13.2 Å². The van der Waals surface area contributed by atoms with Gasteiger partial charge in [-0.1, -0.05) is 0 Å². The molecule has 0 aliphatic heterocycles. The Morgan fingerprint density at radius 3 is 2.93 bits per heavy atom. The summed E-state index contributed by atoms with van der Waals surface area (Å²) in [5, 5.41) is 0. The van der Waals surface area contributed by atoms with Crippen molar-refractivity contribution in [2.45, 2.75) is 6.92 Å². The molecular weight excluding hydrogens is 196 g/mol. The number of carbonyl (C=O) groups is 1. The minimum Gasteiger partial charge on any atom is -0.465 e. The number of anilines is 1. The molecule has 2 N–H and O–H groups in total. The lowest BCUT2D eigenvalue weighted by molar-refractivity contribution is 0.0601. The topological polar surface area (TPSA) is 78.4 Å². The number of ether oxygens (including phenoxy) is 1. The molecule has 5 nitrogen and oxygen atoms in total. The molecule has 0 saturated carbocycles. The van der Waals surface area contributed by atoms with Crippen molar-refractivity contribution in [3.8, 4) is 0 Å². The van der Waals surface area contributed by atoms with Crippen molar-refractivity contribution in [1.82, 2.24) is 4.98 Å². The third-order valence-electron chi connectivity index (χ3n) is 2.05. The van der Waals surface area contributed by atoms with E-state index in [1.807, 2.05) is 0 Å². The number of methoxy groups -OCH3 is 1. The Balaban J connectivity index is 2.66. The van der Waals surface area contributed by atoms with Gasteiger partial charge in [-0.05, 0) is 12.1 Å². The SMILES string of the molecule is COC(=O)c1cc(N)c2oc(C)nc2c1. The van der Waals surface area contributed by atoms with Crippen LogP contribution in [-0.2, 0) is 4.74 Å². The summed E-state index contributed by atoms with van der Waals surface area (Å²) in [6.07, 6.45) is 0. The van der Waals surface area contributed by atoms with Crippen molar-refractivity contribution >= 4 is 22.8 Å². The maximum atomic E-state index is 11.3. The Morgan fingerprint density at radius 1 is 1.53 bits per heavy atom. The van der Waals surface area contributed by atoms with Crippen molar-refractivity contribution < 1.29 is 13.9 Å². The summed E-state index contributed by atoms with van der Waals surface area (Å²) in [5.74, 6) is 0.0722. The van der Waals surface area contributed by atoms with E-state index in [-0.39, 0.29) is 0 Å². The van der Waals surface area contributed by atoms with E-state index in [0.717, 1.165) is 0 Å². The second kappa shape index (κ2) is 3.27. The lowest BCUT2D eigenvalue weighted by Crippen LogP contribution is -2.02. The Morgan fingerprint density at radius 2 is 2.27 bits per heavy atom. The zero-order valence-corrected chi connectivity index (χ0v) is 8.40. The summed E-state index contributed by atoms with van der Waals surface area (Å²) in [5.41, 5.74) is 7.54. The number of oxazole rings is 1.